The van der Waals surface area contributed by atoms with Crippen LogP contribution in [0.15, 0.2) is 0 Å². The topological polar surface area (TPSA) is 77.5 Å². The maximum Gasteiger partial charge on any atom is 0.320 e. The Morgan fingerprint density at radius 3 is 1.68 bits per heavy atom. The van der Waals surface area contributed by atoms with Gasteiger partial charge in [-0.1, -0.05) is 19.3 Å². The molecule has 1 saturated heterocycles. The van der Waals surface area contributed by atoms with E-state index in [0.29, 0.717) is 0 Å². The van der Waals surface area contributed by atoms with Gasteiger partial charge in [0.1, 0.15) is 24.4 Å². The van der Waals surface area contributed by atoms with Crippen LogP contribution in [0.1, 0.15) is 57.8 Å². The number of hydrogen-bond acceptors (Lipinski definition) is 5. The lowest BCUT2D eigenvalue weighted by atomic mass is 9.67. The molecule has 0 aromatic rings. The molecule has 2 fully saturated rings. The van der Waals surface area contributed by atoms with Crippen LogP contribution >= 0.6 is 0 Å². The molecule has 0 amide bonds. The van der Waals surface area contributed by atoms with E-state index in [4.69, 9.17) is 0 Å². The Morgan fingerprint density at radius 1 is 0.737 bits per heavy atom. The minimum absolute atomic E-state index is 0.227. The minimum atomic E-state index is -0.837. The number of Topliss-reactive ketones (excluding diaryl/α,β-unsaturated/α-hetero) is 2. The highest BCUT2D eigenvalue weighted by molar-refractivity contribution is 6.04. The molecule has 0 aromatic heterocycles. The Bertz CT molecular complexity index is 386. The lowest BCUT2D eigenvalue weighted by Gasteiger charge is -2.36. The van der Waals surface area contributed by atoms with E-state index >= 15 is 0 Å². The zero-order chi connectivity index (χ0) is 13.9. The molecule has 5 heteroatoms. The zero-order valence-corrected chi connectivity index (χ0v) is 10.9. The van der Waals surface area contributed by atoms with Crippen molar-refractivity contribution in [3.05, 3.63) is 0 Å². The smallest absolute Gasteiger partial charge is 0.320 e. The van der Waals surface area contributed by atoms with Gasteiger partial charge in [0.25, 0.3) is 0 Å². The first kappa shape index (κ1) is 13.9. The first-order valence-corrected chi connectivity index (χ1v) is 6.76. The monoisotopic (exact) mass is 266 g/mol. The Morgan fingerprint density at radius 2 is 1.21 bits per heavy atom. The Balaban J connectivity index is 2.18. The highest BCUT2D eigenvalue weighted by Gasteiger charge is 2.38. The van der Waals surface area contributed by atoms with Gasteiger partial charge in [0.05, 0.1) is 0 Å². The summed E-state index contributed by atoms with van der Waals surface area (Å²) in [5.74, 6) is -2.13. The molecular formula is C14H18O5. The number of ether oxygens (including phenoxy) is 1. The van der Waals surface area contributed by atoms with Gasteiger partial charge < -0.3 is 4.74 Å². The van der Waals surface area contributed by atoms with Crippen molar-refractivity contribution < 1.29 is 23.9 Å². The van der Waals surface area contributed by atoms with Crippen LogP contribution in [0.2, 0.25) is 0 Å². The first-order chi connectivity index (χ1) is 8.99. The molecule has 5 nitrogen and oxygen atoms in total. The first-order valence-electron chi connectivity index (χ1n) is 6.76. The lowest BCUT2D eigenvalue weighted by molar-refractivity contribution is -0.161. The molecule has 1 heterocycles. The van der Waals surface area contributed by atoms with E-state index in [1.807, 2.05) is 0 Å². The van der Waals surface area contributed by atoms with Crippen molar-refractivity contribution >= 4 is 23.5 Å². The number of carbonyl (C=O) groups is 4. The quantitative estimate of drug-likeness (QED) is 0.493. The molecule has 1 spiro atoms. The molecule has 0 N–H and O–H groups in total. The van der Waals surface area contributed by atoms with Crippen molar-refractivity contribution in [2.45, 2.75) is 57.8 Å². The summed E-state index contributed by atoms with van der Waals surface area (Å²) < 4.78 is 4.42. The van der Waals surface area contributed by atoms with Gasteiger partial charge in [-0.15, -0.1) is 0 Å². The summed E-state index contributed by atoms with van der Waals surface area (Å²) in [6.45, 7) is 0. The van der Waals surface area contributed by atoms with E-state index in [2.05, 4.69) is 4.74 Å². The van der Waals surface area contributed by atoms with Crippen molar-refractivity contribution in [3.63, 3.8) is 0 Å². The average Bonchev–Trinajstić information content (AvgIpc) is 2.26. The standard InChI is InChI=1S/C14H18O5/c15-10-6-12(17)19-13(18)7-11(16)9-14(8-10)4-2-1-3-5-14/h1-9H2. The normalized spacial score (nSPS) is 25.3. The number of rotatable bonds is 0. The van der Waals surface area contributed by atoms with Crippen LogP contribution in [-0.2, 0) is 23.9 Å². The number of ketones is 2. The number of carbonyl (C=O) groups excluding carboxylic acids is 4. The van der Waals surface area contributed by atoms with Crippen LogP contribution in [-0.4, -0.2) is 23.5 Å². The molecule has 0 aromatic carbocycles. The van der Waals surface area contributed by atoms with Gasteiger partial charge >= 0.3 is 11.9 Å². The Hall–Kier alpha value is -1.52. The summed E-state index contributed by atoms with van der Waals surface area (Å²) in [6, 6.07) is 0. The summed E-state index contributed by atoms with van der Waals surface area (Å²) in [5, 5.41) is 0. The predicted octanol–water partition coefficient (Wildman–Crippen LogP) is 1.72. The van der Waals surface area contributed by atoms with Crippen LogP contribution in [0.3, 0.4) is 0 Å². The zero-order valence-electron chi connectivity index (χ0n) is 10.9. The summed E-state index contributed by atoms with van der Waals surface area (Å²) in [4.78, 5) is 46.4. The van der Waals surface area contributed by atoms with Gasteiger partial charge in [0.15, 0.2) is 0 Å². The average molecular weight is 266 g/mol. The summed E-state index contributed by atoms with van der Waals surface area (Å²) in [7, 11) is 0. The maximum atomic E-state index is 11.9. The molecule has 0 atom stereocenters. The van der Waals surface area contributed by atoms with Gasteiger partial charge in [-0.05, 0) is 18.3 Å². The fourth-order valence-corrected chi connectivity index (χ4v) is 3.20. The molecule has 0 bridgehead atoms. The second kappa shape index (κ2) is 5.63. The van der Waals surface area contributed by atoms with Crippen LogP contribution in [0.4, 0.5) is 0 Å². The largest absolute Gasteiger partial charge is 0.392 e. The van der Waals surface area contributed by atoms with Crippen molar-refractivity contribution in [2.24, 2.45) is 5.41 Å². The predicted molar refractivity (Wildman–Crippen MR) is 65.1 cm³/mol. The Kier molecular flexibility index (Phi) is 4.12. The fraction of sp³-hybridized carbons (Fsp3) is 0.714. The van der Waals surface area contributed by atoms with Gasteiger partial charge in [0.2, 0.25) is 0 Å². The van der Waals surface area contributed by atoms with Crippen molar-refractivity contribution in [1.29, 1.82) is 0 Å². The van der Waals surface area contributed by atoms with Crippen LogP contribution in [0.25, 0.3) is 0 Å². The van der Waals surface area contributed by atoms with Crippen molar-refractivity contribution in [2.75, 3.05) is 0 Å². The van der Waals surface area contributed by atoms with Crippen molar-refractivity contribution in [3.8, 4) is 0 Å². The van der Waals surface area contributed by atoms with Gasteiger partial charge in [-0.2, -0.15) is 0 Å². The van der Waals surface area contributed by atoms with Crippen LogP contribution in [0.5, 0.6) is 0 Å². The van der Waals surface area contributed by atoms with E-state index in [1.165, 1.54) is 0 Å². The number of esters is 2. The molecule has 1 saturated carbocycles. The second-order valence-corrected chi connectivity index (χ2v) is 5.69. The summed E-state index contributed by atoms with van der Waals surface area (Å²) >= 11 is 0. The van der Waals surface area contributed by atoms with Gasteiger partial charge in [-0.3, -0.25) is 19.2 Å². The molecule has 0 radical (unpaired) electrons. The van der Waals surface area contributed by atoms with E-state index in [9.17, 15) is 19.2 Å². The number of hydrogen-bond donors (Lipinski definition) is 0. The third kappa shape index (κ3) is 3.72. The summed E-state index contributed by atoms with van der Waals surface area (Å²) in [6.07, 6.45) is 4.55. The second-order valence-electron chi connectivity index (χ2n) is 5.69. The number of cyclic esters (lactones) is 2. The fourth-order valence-electron chi connectivity index (χ4n) is 3.20. The highest BCUT2D eigenvalue weighted by Crippen LogP contribution is 2.43. The van der Waals surface area contributed by atoms with Crippen molar-refractivity contribution in [1.82, 2.24) is 0 Å². The summed E-state index contributed by atoms with van der Waals surface area (Å²) in [5.41, 5.74) is -0.329. The molecule has 104 valence electrons. The van der Waals surface area contributed by atoms with E-state index in [-0.39, 0.29) is 42.7 Å². The van der Waals surface area contributed by atoms with E-state index < -0.39 is 11.9 Å². The van der Waals surface area contributed by atoms with E-state index in [0.717, 1.165) is 32.1 Å². The molecule has 1 aliphatic carbocycles. The molecule has 2 rings (SSSR count). The molecule has 0 unspecified atom stereocenters. The SMILES string of the molecule is O=C1CC(=O)OC(=O)CC(=O)CC2(CCCCC2)C1. The molecule has 19 heavy (non-hydrogen) atoms. The van der Waals surface area contributed by atoms with E-state index in [1.54, 1.807) is 0 Å². The molecule has 2 aliphatic rings. The minimum Gasteiger partial charge on any atom is -0.392 e. The molecular weight excluding hydrogens is 248 g/mol. The Labute approximate surface area is 111 Å². The van der Waals surface area contributed by atoms with Crippen LogP contribution < -0.4 is 0 Å². The van der Waals surface area contributed by atoms with Gasteiger partial charge in [-0.25, -0.2) is 0 Å². The van der Waals surface area contributed by atoms with Gasteiger partial charge in [0, 0.05) is 12.8 Å². The molecule has 1 aliphatic heterocycles. The van der Waals surface area contributed by atoms with Crippen LogP contribution in [0, 0.1) is 5.41 Å². The maximum absolute atomic E-state index is 11.9. The third-order valence-electron chi connectivity index (χ3n) is 3.97. The lowest BCUT2D eigenvalue weighted by Crippen LogP contribution is -2.33. The highest BCUT2D eigenvalue weighted by atomic mass is 16.6. The third-order valence-corrected chi connectivity index (χ3v) is 3.97.